The van der Waals surface area contributed by atoms with E-state index in [-0.39, 0.29) is 0 Å². The molecule has 0 fully saturated rings. The topological polar surface area (TPSA) is 38.5 Å². The number of aromatic nitrogens is 1. The van der Waals surface area contributed by atoms with Gasteiger partial charge in [0.25, 0.3) is 6.01 Å². The van der Waals surface area contributed by atoms with Crippen LogP contribution < -0.4 is 9.64 Å². The number of nitrogens with zero attached hydrogens (tertiary/aromatic N) is 2. The normalized spacial score (nSPS) is 10.8. The highest BCUT2D eigenvalue weighted by atomic mass is 16.5. The summed E-state index contributed by atoms with van der Waals surface area (Å²) in [7, 11) is 0. The molecule has 0 aliphatic rings. The smallest absolute Gasteiger partial charge is 0.298 e. The average molecular weight is 234 g/mol. The number of hydrogen-bond acceptors (Lipinski definition) is 4. The van der Waals surface area contributed by atoms with E-state index in [2.05, 4.69) is 23.7 Å². The van der Waals surface area contributed by atoms with Crippen molar-refractivity contribution >= 4 is 17.1 Å². The van der Waals surface area contributed by atoms with Crippen LogP contribution in [0.15, 0.2) is 22.6 Å². The van der Waals surface area contributed by atoms with Crippen LogP contribution in [0.5, 0.6) is 5.75 Å². The van der Waals surface area contributed by atoms with Crippen molar-refractivity contribution in [3.63, 3.8) is 0 Å². The van der Waals surface area contributed by atoms with Gasteiger partial charge in [0, 0.05) is 13.1 Å². The largest absolute Gasteiger partial charge is 0.491 e. The summed E-state index contributed by atoms with van der Waals surface area (Å²) in [5, 5.41) is 0. The monoisotopic (exact) mass is 234 g/mol. The molecule has 1 heterocycles. The third kappa shape index (κ3) is 2.20. The predicted molar refractivity (Wildman–Crippen MR) is 68.7 cm³/mol. The first kappa shape index (κ1) is 11.8. The maximum atomic E-state index is 5.73. The van der Waals surface area contributed by atoms with Gasteiger partial charge in [0.05, 0.1) is 6.61 Å². The Morgan fingerprint density at radius 2 is 2.00 bits per heavy atom. The number of rotatable bonds is 5. The first-order valence-electron chi connectivity index (χ1n) is 6.07. The van der Waals surface area contributed by atoms with E-state index < -0.39 is 0 Å². The molecule has 0 saturated heterocycles. The first-order valence-corrected chi connectivity index (χ1v) is 6.07. The van der Waals surface area contributed by atoms with E-state index in [1.54, 1.807) is 0 Å². The Kier molecular flexibility index (Phi) is 3.52. The highest BCUT2D eigenvalue weighted by molar-refractivity contribution is 5.81. The summed E-state index contributed by atoms with van der Waals surface area (Å²) in [6, 6.07) is 6.42. The molecule has 4 nitrogen and oxygen atoms in total. The van der Waals surface area contributed by atoms with Crippen molar-refractivity contribution in [1.29, 1.82) is 0 Å². The van der Waals surface area contributed by atoms with Crippen LogP contribution in [-0.2, 0) is 0 Å². The number of anilines is 1. The maximum Gasteiger partial charge on any atom is 0.298 e. The summed E-state index contributed by atoms with van der Waals surface area (Å²) in [6.45, 7) is 8.53. The summed E-state index contributed by atoms with van der Waals surface area (Å²) in [4.78, 5) is 6.59. The molecule has 2 rings (SSSR count). The van der Waals surface area contributed by atoms with Crippen molar-refractivity contribution < 1.29 is 9.15 Å². The molecule has 0 bridgehead atoms. The van der Waals surface area contributed by atoms with Gasteiger partial charge >= 0.3 is 0 Å². The van der Waals surface area contributed by atoms with E-state index in [0.29, 0.717) is 12.6 Å². The summed E-state index contributed by atoms with van der Waals surface area (Å²) in [5.74, 6) is 0.784. The van der Waals surface area contributed by atoms with Gasteiger partial charge in [-0.05, 0) is 32.9 Å². The molecule has 0 aliphatic carbocycles. The molecule has 0 radical (unpaired) electrons. The average Bonchev–Trinajstić information content (AvgIpc) is 2.76. The van der Waals surface area contributed by atoms with Gasteiger partial charge in [0.1, 0.15) is 5.75 Å². The first-order chi connectivity index (χ1) is 8.30. The lowest BCUT2D eigenvalue weighted by Gasteiger charge is -2.14. The van der Waals surface area contributed by atoms with Crippen molar-refractivity contribution in [3.05, 3.63) is 18.2 Å². The Hall–Kier alpha value is -1.71. The molecule has 2 aromatic rings. The molecule has 92 valence electrons. The Morgan fingerprint density at radius 3 is 2.65 bits per heavy atom. The Labute approximate surface area is 101 Å². The van der Waals surface area contributed by atoms with Gasteiger partial charge in [-0.1, -0.05) is 6.07 Å². The number of benzene rings is 1. The van der Waals surface area contributed by atoms with Crippen LogP contribution >= 0.6 is 0 Å². The number of para-hydroxylation sites is 1. The van der Waals surface area contributed by atoms with Gasteiger partial charge in [-0.15, -0.1) is 0 Å². The number of hydrogen-bond donors (Lipinski definition) is 0. The summed E-state index contributed by atoms with van der Waals surface area (Å²) in [5.41, 5.74) is 1.58. The molecule has 4 heteroatoms. The highest BCUT2D eigenvalue weighted by Gasteiger charge is 2.13. The minimum Gasteiger partial charge on any atom is -0.491 e. The lowest BCUT2D eigenvalue weighted by Crippen LogP contribution is -2.21. The van der Waals surface area contributed by atoms with Crippen LogP contribution in [0.4, 0.5) is 6.01 Å². The highest BCUT2D eigenvalue weighted by Crippen LogP contribution is 2.29. The summed E-state index contributed by atoms with van der Waals surface area (Å²) >= 11 is 0. The Balaban J connectivity index is 2.45. The van der Waals surface area contributed by atoms with Gasteiger partial charge in [-0.2, -0.15) is 4.98 Å². The molecule has 0 aliphatic heterocycles. The van der Waals surface area contributed by atoms with E-state index in [4.69, 9.17) is 9.15 Å². The molecule has 0 N–H and O–H groups in total. The van der Waals surface area contributed by atoms with E-state index >= 15 is 0 Å². The third-order valence-corrected chi connectivity index (χ3v) is 2.70. The maximum absolute atomic E-state index is 5.73. The van der Waals surface area contributed by atoms with Crippen LogP contribution in [0, 0.1) is 0 Å². The summed E-state index contributed by atoms with van der Waals surface area (Å²) in [6.07, 6.45) is 0. The standard InChI is InChI=1S/C13H18N2O2/c1-4-15(5-2)13-14-12-10(16-6-3)8-7-9-11(12)17-13/h7-9H,4-6H2,1-3H3. The number of ether oxygens (including phenoxy) is 1. The van der Waals surface area contributed by atoms with Crippen molar-refractivity contribution in [2.45, 2.75) is 20.8 Å². The van der Waals surface area contributed by atoms with Gasteiger partial charge in [-0.3, -0.25) is 0 Å². The van der Waals surface area contributed by atoms with Gasteiger partial charge < -0.3 is 14.1 Å². The van der Waals surface area contributed by atoms with Crippen LogP contribution in [0.2, 0.25) is 0 Å². The van der Waals surface area contributed by atoms with E-state index in [0.717, 1.165) is 29.9 Å². The molecule has 0 unspecified atom stereocenters. The van der Waals surface area contributed by atoms with E-state index in [9.17, 15) is 0 Å². The zero-order valence-electron chi connectivity index (χ0n) is 10.6. The third-order valence-electron chi connectivity index (χ3n) is 2.70. The fraction of sp³-hybridized carbons (Fsp3) is 0.462. The molecule has 0 atom stereocenters. The van der Waals surface area contributed by atoms with Crippen molar-refractivity contribution in [2.24, 2.45) is 0 Å². The quantitative estimate of drug-likeness (QED) is 0.797. The zero-order valence-corrected chi connectivity index (χ0v) is 10.6. The molecule has 17 heavy (non-hydrogen) atoms. The SMILES string of the molecule is CCOc1cccc2oc(N(CC)CC)nc12. The Bertz CT molecular complexity index is 489. The molecular weight excluding hydrogens is 216 g/mol. The fourth-order valence-electron chi connectivity index (χ4n) is 1.81. The Morgan fingerprint density at radius 1 is 1.24 bits per heavy atom. The van der Waals surface area contributed by atoms with Crippen LogP contribution in [0.1, 0.15) is 20.8 Å². The predicted octanol–water partition coefficient (Wildman–Crippen LogP) is 3.07. The van der Waals surface area contributed by atoms with E-state index in [1.165, 1.54) is 0 Å². The molecule has 0 spiro atoms. The lowest BCUT2D eigenvalue weighted by molar-refractivity contribution is 0.343. The minimum atomic E-state index is 0.632. The van der Waals surface area contributed by atoms with Crippen molar-refractivity contribution in [3.8, 4) is 5.75 Å². The molecule has 1 aromatic carbocycles. The molecule has 0 saturated carbocycles. The lowest BCUT2D eigenvalue weighted by atomic mass is 10.3. The van der Waals surface area contributed by atoms with Crippen LogP contribution in [0.3, 0.4) is 0 Å². The van der Waals surface area contributed by atoms with Gasteiger partial charge in [0.15, 0.2) is 11.1 Å². The molecule has 1 aromatic heterocycles. The fourth-order valence-corrected chi connectivity index (χ4v) is 1.81. The second kappa shape index (κ2) is 5.08. The van der Waals surface area contributed by atoms with Crippen LogP contribution in [0.25, 0.3) is 11.1 Å². The summed E-state index contributed by atoms with van der Waals surface area (Å²) < 4.78 is 11.3. The van der Waals surface area contributed by atoms with Crippen molar-refractivity contribution in [1.82, 2.24) is 4.98 Å². The van der Waals surface area contributed by atoms with E-state index in [1.807, 2.05) is 25.1 Å². The van der Waals surface area contributed by atoms with Gasteiger partial charge in [0.2, 0.25) is 0 Å². The second-order valence-corrected chi connectivity index (χ2v) is 3.70. The van der Waals surface area contributed by atoms with Crippen molar-refractivity contribution in [2.75, 3.05) is 24.6 Å². The van der Waals surface area contributed by atoms with Gasteiger partial charge in [-0.25, -0.2) is 0 Å². The second-order valence-electron chi connectivity index (χ2n) is 3.70. The number of fused-ring (bicyclic) bond motifs is 1. The molecular formula is C13H18N2O2. The number of oxazole rings is 1. The molecule has 0 amide bonds. The zero-order chi connectivity index (χ0) is 12.3. The minimum absolute atomic E-state index is 0.632. The van der Waals surface area contributed by atoms with Crippen LogP contribution in [-0.4, -0.2) is 24.7 Å².